The minimum absolute atomic E-state index is 0.197. The zero-order valence-corrected chi connectivity index (χ0v) is 6.15. The van der Waals surface area contributed by atoms with E-state index in [-0.39, 0.29) is 6.61 Å². The SMILES string of the molecule is C=C(C=C(C)C)CCO. The first-order valence-corrected chi connectivity index (χ1v) is 3.10. The minimum atomic E-state index is 0.197. The molecule has 0 saturated carbocycles. The van der Waals surface area contributed by atoms with Gasteiger partial charge in [-0.3, -0.25) is 0 Å². The summed E-state index contributed by atoms with van der Waals surface area (Å²) in [5.41, 5.74) is 2.23. The van der Waals surface area contributed by atoms with Crippen LogP contribution < -0.4 is 0 Å². The van der Waals surface area contributed by atoms with Gasteiger partial charge in [-0.25, -0.2) is 0 Å². The summed E-state index contributed by atoms with van der Waals surface area (Å²) in [6, 6.07) is 0. The van der Waals surface area contributed by atoms with Crippen LogP contribution >= 0.6 is 0 Å². The molecule has 0 aromatic heterocycles. The lowest BCUT2D eigenvalue weighted by Gasteiger charge is -1.94. The van der Waals surface area contributed by atoms with Gasteiger partial charge in [-0.15, -0.1) is 0 Å². The fourth-order valence-corrected chi connectivity index (χ4v) is 0.624. The smallest absolute Gasteiger partial charge is 0.0471 e. The molecule has 0 spiro atoms. The summed E-state index contributed by atoms with van der Waals surface area (Å²) < 4.78 is 0. The zero-order chi connectivity index (χ0) is 7.28. The third kappa shape index (κ3) is 5.31. The van der Waals surface area contributed by atoms with Crippen LogP contribution in [0, 0.1) is 0 Å². The molecule has 0 saturated heterocycles. The van der Waals surface area contributed by atoms with Crippen LogP contribution in [0.25, 0.3) is 0 Å². The van der Waals surface area contributed by atoms with Crippen molar-refractivity contribution in [3.63, 3.8) is 0 Å². The molecule has 0 aliphatic heterocycles. The number of hydrogen-bond acceptors (Lipinski definition) is 1. The second-order valence-electron chi connectivity index (χ2n) is 2.35. The van der Waals surface area contributed by atoms with Gasteiger partial charge in [-0.1, -0.05) is 23.8 Å². The molecule has 0 atom stereocenters. The van der Waals surface area contributed by atoms with Gasteiger partial charge >= 0.3 is 0 Å². The number of aliphatic hydroxyl groups excluding tert-OH is 1. The molecule has 0 rings (SSSR count). The first-order chi connectivity index (χ1) is 4.16. The van der Waals surface area contributed by atoms with E-state index in [1.54, 1.807) is 0 Å². The van der Waals surface area contributed by atoms with E-state index in [2.05, 4.69) is 6.58 Å². The summed E-state index contributed by atoms with van der Waals surface area (Å²) in [5.74, 6) is 0. The van der Waals surface area contributed by atoms with E-state index < -0.39 is 0 Å². The summed E-state index contributed by atoms with van der Waals surface area (Å²) in [6.07, 6.45) is 2.67. The number of allylic oxidation sites excluding steroid dienone is 2. The predicted molar refractivity (Wildman–Crippen MR) is 40.3 cm³/mol. The number of rotatable bonds is 3. The van der Waals surface area contributed by atoms with E-state index in [9.17, 15) is 0 Å². The highest BCUT2D eigenvalue weighted by Gasteiger charge is 1.85. The highest BCUT2D eigenvalue weighted by molar-refractivity contribution is 5.17. The Morgan fingerprint density at radius 2 is 2.11 bits per heavy atom. The Morgan fingerprint density at radius 3 is 2.44 bits per heavy atom. The third-order valence-corrected chi connectivity index (χ3v) is 0.926. The van der Waals surface area contributed by atoms with Crippen LogP contribution in [0.2, 0.25) is 0 Å². The van der Waals surface area contributed by atoms with Crippen molar-refractivity contribution in [1.29, 1.82) is 0 Å². The average molecular weight is 126 g/mol. The van der Waals surface area contributed by atoms with Crippen molar-refractivity contribution in [2.75, 3.05) is 6.61 Å². The van der Waals surface area contributed by atoms with Crippen LogP contribution in [0.4, 0.5) is 0 Å². The summed E-state index contributed by atoms with van der Waals surface area (Å²) in [4.78, 5) is 0. The summed E-state index contributed by atoms with van der Waals surface area (Å²) in [7, 11) is 0. The molecule has 0 aliphatic carbocycles. The third-order valence-electron chi connectivity index (χ3n) is 0.926. The molecule has 0 amide bonds. The molecular formula is C8H14O. The molecule has 1 heteroatoms. The van der Waals surface area contributed by atoms with Gasteiger partial charge in [0.25, 0.3) is 0 Å². The topological polar surface area (TPSA) is 20.2 Å². The molecule has 1 nitrogen and oxygen atoms in total. The Bertz CT molecular complexity index is 119. The van der Waals surface area contributed by atoms with Crippen molar-refractivity contribution in [3.8, 4) is 0 Å². The lowest BCUT2D eigenvalue weighted by Crippen LogP contribution is -1.83. The maximum Gasteiger partial charge on any atom is 0.0471 e. The van der Waals surface area contributed by atoms with E-state index in [1.807, 2.05) is 19.9 Å². The van der Waals surface area contributed by atoms with E-state index in [1.165, 1.54) is 5.57 Å². The molecule has 0 radical (unpaired) electrons. The highest BCUT2D eigenvalue weighted by atomic mass is 16.2. The monoisotopic (exact) mass is 126 g/mol. The standard InChI is InChI=1S/C8H14O/c1-7(2)6-8(3)4-5-9/h6,9H,3-5H2,1-2H3. The minimum Gasteiger partial charge on any atom is -0.396 e. The summed E-state index contributed by atoms with van der Waals surface area (Å²) >= 11 is 0. The van der Waals surface area contributed by atoms with Crippen LogP contribution in [0.1, 0.15) is 20.3 Å². The largest absolute Gasteiger partial charge is 0.396 e. The summed E-state index contributed by atoms with van der Waals surface area (Å²) in [5, 5.41) is 8.46. The van der Waals surface area contributed by atoms with Crippen LogP contribution in [0.3, 0.4) is 0 Å². The van der Waals surface area contributed by atoms with Gasteiger partial charge in [0.05, 0.1) is 0 Å². The van der Waals surface area contributed by atoms with E-state index >= 15 is 0 Å². The Labute approximate surface area is 56.7 Å². The maximum absolute atomic E-state index is 8.46. The van der Waals surface area contributed by atoms with Crippen molar-refractivity contribution in [1.82, 2.24) is 0 Å². The average Bonchev–Trinajstić information content (AvgIpc) is 1.63. The Morgan fingerprint density at radius 1 is 1.56 bits per heavy atom. The second-order valence-corrected chi connectivity index (χ2v) is 2.35. The molecule has 0 fully saturated rings. The van der Waals surface area contributed by atoms with E-state index in [4.69, 9.17) is 5.11 Å². The van der Waals surface area contributed by atoms with Crippen LogP contribution in [0.5, 0.6) is 0 Å². The first-order valence-electron chi connectivity index (χ1n) is 3.10. The van der Waals surface area contributed by atoms with E-state index in [0.717, 1.165) is 5.57 Å². The molecular weight excluding hydrogens is 112 g/mol. The van der Waals surface area contributed by atoms with Crippen molar-refractivity contribution in [2.24, 2.45) is 0 Å². The lowest BCUT2D eigenvalue weighted by atomic mass is 10.1. The number of aliphatic hydroxyl groups is 1. The van der Waals surface area contributed by atoms with Gasteiger partial charge in [0, 0.05) is 6.61 Å². The normalized spacial score (nSPS) is 8.78. The van der Waals surface area contributed by atoms with Crippen molar-refractivity contribution in [2.45, 2.75) is 20.3 Å². The van der Waals surface area contributed by atoms with Gasteiger partial charge in [0.15, 0.2) is 0 Å². The van der Waals surface area contributed by atoms with Crippen molar-refractivity contribution < 1.29 is 5.11 Å². The van der Waals surface area contributed by atoms with Gasteiger partial charge in [0.2, 0.25) is 0 Å². The summed E-state index contributed by atoms with van der Waals surface area (Å²) in [6.45, 7) is 7.98. The quantitative estimate of drug-likeness (QED) is 0.572. The molecule has 0 aromatic rings. The second kappa shape index (κ2) is 4.33. The molecule has 52 valence electrons. The Hall–Kier alpha value is -0.560. The Balaban J connectivity index is 3.63. The maximum atomic E-state index is 8.46. The van der Waals surface area contributed by atoms with E-state index in [0.29, 0.717) is 6.42 Å². The molecule has 0 bridgehead atoms. The van der Waals surface area contributed by atoms with Gasteiger partial charge in [-0.2, -0.15) is 0 Å². The molecule has 1 N–H and O–H groups in total. The lowest BCUT2D eigenvalue weighted by molar-refractivity contribution is 0.300. The van der Waals surface area contributed by atoms with Crippen LogP contribution in [-0.2, 0) is 0 Å². The highest BCUT2D eigenvalue weighted by Crippen LogP contribution is 2.02. The molecule has 0 aromatic carbocycles. The van der Waals surface area contributed by atoms with Crippen LogP contribution in [-0.4, -0.2) is 11.7 Å². The molecule has 9 heavy (non-hydrogen) atoms. The first kappa shape index (κ1) is 8.44. The van der Waals surface area contributed by atoms with Gasteiger partial charge < -0.3 is 5.11 Å². The fraction of sp³-hybridized carbons (Fsp3) is 0.500. The predicted octanol–water partition coefficient (Wildman–Crippen LogP) is 1.89. The molecule has 0 unspecified atom stereocenters. The number of hydrogen-bond donors (Lipinski definition) is 1. The van der Waals surface area contributed by atoms with Crippen molar-refractivity contribution in [3.05, 3.63) is 23.8 Å². The molecule has 0 heterocycles. The molecule has 0 aliphatic rings. The van der Waals surface area contributed by atoms with Crippen molar-refractivity contribution >= 4 is 0 Å². The van der Waals surface area contributed by atoms with Gasteiger partial charge in [0.1, 0.15) is 0 Å². The van der Waals surface area contributed by atoms with Gasteiger partial charge in [-0.05, 0) is 20.3 Å². The fourth-order valence-electron chi connectivity index (χ4n) is 0.624. The van der Waals surface area contributed by atoms with Crippen LogP contribution in [0.15, 0.2) is 23.8 Å². The Kier molecular flexibility index (Phi) is 4.06. The zero-order valence-electron chi connectivity index (χ0n) is 6.15.